The Morgan fingerprint density at radius 3 is 2.67 bits per heavy atom. The number of carbonyl (C=O) groups excluding carboxylic acids is 1. The third-order valence-electron chi connectivity index (χ3n) is 1.42. The number of aldehydes is 1. The van der Waals surface area contributed by atoms with Crippen LogP contribution in [0.25, 0.3) is 0 Å². The average Bonchev–Trinajstić information content (AvgIpc) is 2.15. The molecule has 0 aromatic carbocycles. The summed E-state index contributed by atoms with van der Waals surface area (Å²) in [6, 6.07) is 0.742. The largest absolute Gasteiger partial charge is 0.419 e. The Morgan fingerprint density at radius 2 is 2.13 bits per heavy atom. The molecule has 1 aromatic rings. The van der Waals surface area contributed by atoms with Crippen molar-refractivity contribution in [3.05, 3.63) is 28.5 Å². The highest BCUT2D eigenvalue weighted by Crippen LogP contribution is 2.33. The van der Waals surface area contributed by atoms with Gasteiger partial charge in [0, 0.05) is 11.8 Å². The van der Waals surface area contributed by atoms with Gasteiger partial charge in [0.2, 0.25) is 0 Å². The van der Waals surface area contributed by atoms with Crippen LogP contribution in [0.2, 0.25) is 5.15 Å². The fourth-order valence-corrected chi connectivity index (χ4v) is 1.04. The van der Waals surface area contributed by atoms with Crippen molar-refractivity contribution in [1.82, 2.24) is 4.98 Å². The summed E-state index contributed by atoms with van der Waals surface area (Å²) < 4.78 is 36.9. The molecule has 0 amide bonds. The highest BCUT2D eigenvalue weighted by atomic mass is 35.5. The first-order chi connectivity index (χ1) is 6.95. The summed E-state index contributed by atoms with van der Waals surface area (Å²) in [7, 11) is 0. The minimum absolute atomic E-state index is 0.0150. The van der Waals surface area contributed by atoms with Gasteiger partial charge in [-0.2, -0.15) is 13.2 Å². The van der Waals surface area contributed by atoms with Crippen LogP contribution in [-0.4, -0.2) is 11.3 Å². The molecule has 6 heteroatoms. The van der Waals surface area contributed by atoms with E-state index in [1.165, 1.54) is 0 Å². The molecule has 0 aliphatic carbocycles. The fraction of sp³-hybridized carbons (Fsp3) is 0.111. The molecule has 0 unspecified atom stereocenters. The van der Waals surface area contributed by atoms with Crippen molar-refractivity contribution < 1.29 is 18.0 Å². The fourth-order valence-electron chi connectivity index (χ4n) is 0.828. The van der Waals surface area contributed by atoms with Crippen LogP contribution in [0.3, 0.4) is 0 Å². The van der Waals surface area contributed by atoms with Gasteiger partial charge in [-0.05, 0) is 12.0 Å². The number of pyridine rings is 1. The molecule has 0 aliphatic rings. The Bertz CT molecular complexity index is 445. The molecule has 1 heterocycles. The van der Waals surface area contributed by atoms with Crippen LogP contribution in [0.1, 0.15) is 11.1 Å². The summed E-state index contributed by atoms with van der Waals surface area (Å²) in [6.07, 6.45) is -3.24. The van der Waals surface area contributed by atoms with Crippen molar-refractivity contribution in [2.24, 2.45) is 0 Å². The maximum Gasteiger partial charge on any atom is 0.419 e. The van der Waals surface area contributed by atoms with Crippen molar-refractivity contribution in [3.8, 4) is 11.8 Å². The molecule has 2 nitrogen and oxygen atoms in total. The third kappa shape index (κ3) is 2.96. The smallest absolute Gasteiger partial charge is 0.289 e. The van der Waals surface area contributed by atoms with Crippen molar-refractivity contribution in [1.29, 1.82) is 0 Å². The Labute approximate surface area is 88.1 Å². The van der Waals surface area contributed by atoms with Crippen LogP contribution in [0.5, 0.6) is 0 Å². The molecule has 0 atom stereocenters. The predicted octanol–water partition coefficient (Wildman–Crippen LogP) is 2.30. The first kappa shape index (κ1) is 11.5. The summed E-state index contributed by atoms with van der Waals surface area (Å²) in [6.45, 7) is 0. The Hall–Kier alpha value is -1.54. The number of nitrogens with zero attached hydrogens (tertiary/aromatic N) is 1. The van der Waals surface area contributed by atoms with Gasteiger partial charge in [0.1, 0.15) is 5.15 Å². The van der Waals surface area contributed by atoms with Crippen LogP contribution in [0.4, 0.5) is 13.2 Å². The average molecular weight is 234 g/mol. The van der Waals surface area contributed by atoms with Gasteiger partial charge in [-0.15, -0.1) is 0 Å². The van der Waals surface area contributed by atoms with Crippen molar-refractivity contribution in [3.63, 3.8) is 0 Å². The summed E-state index contributed by atoms with van der Waals surface area (Å²) in [4.78, 5) is 13.2. The Balaban J connectivity index is 3.23. The second-order valence-electron chi connectivity index (χ2n) is 2.45. The lowest BCUT2D eigenvalue weighted by molar-refractivity contribution is -0.137. The molecular weight excluding hydrogens is 231 g/mol. The Morgan fingerprint density at radius 1 is 1.47 bits per heavy atom. The lowest BCUT2D eigenvalue weighted by Gasteiger charge is -2.07. The number of halogens is 4. The molecular formula is C9H3ClF3NO. The van der Waals surface area contributed by atoms with Crippen molar-refractivity contribution in [2.75, 3.05) is 0 Å². The molecule has 0 saturated carbocycles. The number of carbonyl (C=O) groups is 1. The van der Waals surface area contributed by atoms with Crippen LogP contribution in [0, 0.1) is 11.8 Å². The molecule has 1 aromatic heterocycles. The van der Waals surface area contributed by atoms with Gasteiger partial charge in [-0.3, -0.25) is 4.79 Å². The van der Waals surface area contributed by atoms with E-state index in [2.05, 4.69) is 10.9 Å². The monoisotopic (exact) mass is 233 g/mol. The highest BCUT2D eigenvalue weighted by Gasteiger charge is 2.34. The number of hydrogen-bond donors (Lipinski definition) is 0. The van der Waals surface area contributed by atoms with E-state index in [0.717, 1.165) is 12.3 Å². The molecule has 1 rings (SSSR count). The normalized spacial score (nSPS) is 10.4. The van der Waals surface area contributed by atoms with E-state index >= 15 is 0 Å². The van der Waals surface area contributed by atoms with E-state index in [9.17, 15) is 18.0 Å². The van der Waals surface area contributed by atoms with Gasteiger partial charge >= 0.3 is 6.18 Å². The maximum atomic E-state index is 12.3. The first-order valence-electron chi connectivity index (χ1n) is 3.63. The molecule has 15 heavy (non-hydrogen) atoms. The predicted molar refractivity (Wildman–Crippen MR) is 47.2 cm³/mol. The van der Waals surface area contributed by atoms with Crippen molar-refractivity contribution >= 4 is 17.9 Å². The van der Waals surface area contributed by atoms with E-state index in [-0.39, 0.29) is 11.8 Å². The second-order valence-corrected chi connectivity index (χ2v) is 2.81. The molecule has 0 bridgehead atoms. The molecule has 0 aliphatic heterocycles. The quantitative estimate of drug-likeness (QED) is 0.391. The number of hydrogen-bond acceptors (Lipinski definition) is 2. The van der Waals surface area contributed by atoms with E-state index in [1.807, 2.05) is 5.92 Å². The van der Waals surface area contributed by atoms with Gasteiger partial charge in [-0.1, -0.05) is 17.5 Å². The number of alkyl halides is 3. The van der Waals surface area contributed by atoms with Crippen molar-refractivity contribution in [2.45, 2.75) is 6.18 Å². The highest BCUT2D eigenvalue weighted by molar-refractivity contribution is 6.30. The number of aromatic nitrogens is 1. The standard InChI is InChI=1S/C9H3ClF3NO/c10-8-7(9(11,12)13)4-6(5-14-8)2-1-3-15/h3-5H. The number of rotatable bonds is 0. The van der Waals surface area contributed by atoms with E-state index in [1.54, 1.807) is 0 Å². The van der Waals surface area contributed by atoms with Crippen LogP contribution < -0.4 is 0 Å². The van der Waals surface area contributed by atoms with Gasteiger partial charge in [-0.25, -0.2) is 4.98 Å². The molecule has 0 fully saturated rings. The summed E-state index contributed by atoms with van der Waals surface area (Å²) in [5, 5.41) is -0.640. The van der Waals surface area contributed by atoms with Crippen LogP contribution in [-0.2, 0) is 11.0 Å². The molecule has 0 N–H and O–H groups in total. The van der Waals surface area contributed by atoms with Crippen LogP contribution in [0.15, 0.2) is 12.3 Å². The zero-order chi connectivity index (χ0) is 11.5. The van der Waals surface area contributed by atoms with Gasteiger partial charge in [0.05, 0.1) is 5.56 Å². The van der Waals surface area contributed by atoms with E-state index < -0.39 is 16.9 Å². The van der Waals surface area contributed by atoms with E-state index in [4.69, 9.17) is 11.6 Å². The summed E-state index contributed by atoms with van der Waals surface area (Å²) in [5.41, 5.74) is -1.08. The third-order valence-corrected chi connectivity index (χ3v) is 1.72. The molecule has 0 radical (unpaired) electrons. The SMILES string of the molecule is O=CC#Cc1cnc(Cl)c(C(F)(F)F)c1. The maximum absolute atomic E-state index is 12.3. The second kappa shape index (κ2) is 4.32. The first-order valence-corrected chi connectivity index (χ1v) is 4.01. The summed E-state index contributed by atoms with van der Waals surface area (Å²) >= 11 is 5.27. The molecule has 78 valence electrons. The van der Waals surface area contributed by atoms with Crippen LogP contribution >= 0.6 is 11.6 Å². The van der Waals surface area contributed by atoms with Gasteiger partial charge in [0.25, 0.3) is 0 Å². The lowest BCUT2D eigenvalue weighted by Crippen LogP contribution is -2.07. The topological polar surface area (TPSA) is 30.0 Å². The minimum Gasteiger partial charge on any atom is -0.289 e. The van der Waals surface area contributed by atoms with Gasteiger partial charge in [0.15, 0.2) is 6.29 Å². The van der Waals surface area contributed by atoms with Gasteiger partial charge < -0.3 is 0 Å². The zero-order valence-electron chi connectivity index (χ0n) is 7.10. The van der Waals surface area contributed by atoms with E-state index in [0.29, 0.717) is 0 Å². The Kier molecular flexibility index (Phi) is 3.32. The summed E-state index contributed by atoms with van der Waals surface area (Å²) in [5.74, 6) is 4.18. The lowest BCUT2D eigenvalue weighted by atomic mass is 10.2. The molecule has 0 spiro atoms. The molecule has 0 saturated heterocycles. The zero-order valence-corrected chi connectivity index (χ0v) is 7.86. The minimum atomic E-state index is -4.58.